The van der Waals surface area contributed by atoms with Crippen LogP contribution in [0.2, 0.25) is 0 Å². The fourth-order valence-corrected chi connectivity index (χ4v) is 2.21. The summed E-state index contributed by atoms with van der Waals surface area (Å²) in [5.41, 5.74) is 8.32. The van der Waals surface area contributed by atoms with Crippen LogP contribution in [-0.4, -0.2) is 68.7 Å². The molecule has 5 atom stereocenters. The Bertz CT molecular complexity index is 664. The lowest BCUT2D eigenvalue weighted by Crippen LogP contribution is -2.60. The normalized spacial score (nSPS) is 29.6. The first kappa shape index (κ1) is 17.9. The second kappa shape index (κ2) is 7.45. The highest BCUT2D eigenvalue weighted by atomic mass is 16.6. The van der Waals surface area contributed by atoms with Gasteiger partial charge in [0.2, 0.25) is 0 Å². The van der Waals surface area contributed by atoms with Crippen LogP contribution in [0.4, 0.5) is 5.69 Å². The molecule has 1 aromatic rings. The maximum Gasteiger partial charge on any atom is 0.255 e. The average molecular weight is 340 g/mol. The minimum atomic E-state index is -1.71. The number of aliphatic hydroxyl groups is 4. The number of carbonyl (C=O) groups is 1. The number of aromatic hydroxyl groups is 1. The predicted molar refractivity (Wildman–Crippen MR) is 78.1 cm³/mol. The number of rotatable bonds is 4. The highest BCUT2D eigenvalue weighted by Crippen LogP contribution is 2.24. The lowest BCUT2D eigenvalue weighted by Gasteiger charge is -2.38. The van der Waals surface area contributed by atoms with Gasteiger partial charge in [-0.3, -0.25) is 4.79 Å². The van der Waals surface area contributed by atoms with Crippen LogP contribution < -0.4 is 5.32 Å². The molecule has 0 aromatic heterocycles. The molecule has 0 spiro atoms. The van der Waals surface area contributed by atoms with Crippen molar-refractivity contribution in [2.75, 3.05) is 6.54 Å². The van der Waals surface area contributed by atoms with Gasteiger partial charge in [0.1, 0.15) is 30.2 Å². The van der Waals surface area contributed by atoms with Crippen molar-refractivity contribution in [2.45, 2.75) is 30.7 Å². The Morgan fingerprint density at radius 1 is 1.25 bits per heavy atom. The predicted octanol–water partition coefficient (Wildman–Crippen LogP) is -1.14. The van der Waals surface area contributed by atoms with E-state index in [0.29, 0.717) is 0 Å². The molecule has 24 heavy (non-hydrogen) atoms. The molecule has 1 saturated heterocycles. The summed E-state index contributed by atoms with van der Waals surface area (Å²) in [6, 6.07) is 3.66. The summed E-state index contributed by atoms with van der Waals surface area (Å²) in [5, 5.41) is 53.5. The van der Waals surface area contributed by atoms with Gasteiger partial charge < -0.3 is 35.6 Å². The number of ether oxygens (including phenoxy) is 1. The summed E-state index contributed by atoms with van der Waals surface area (Å²) in [6.45, 7) is -0.293. The van der Waals surface area contributed by atoms with Crippen molar-refractivity contribution in [3.05, 3.63) is 34.2 Å². The summed E-state index contributed by atoms with van der Waals surface area (Å²) in [7, 11) is 0. The first-order valence-electron chi connectivity index (χ1n) is 6.89. The SMILES string of the molecule is [N-]=[N+]=Nc1ccc(C(=O)NC[C@H]2O[C@@H](O)[C@H](O)[C@@H](O)[C@@H]2O)c(O)c1. The Kier molecular flexibility index (Phi) is 5.57. The molecule has 130 valence electrons. The van der Waals surface area contributed by atoms with Crippen LogP contribution in [0.1, 0.15) is 10.4 Å². The van der Waals surface area contributed by atoms with Gasteiger partial charge in [0.05, 0.1) is 5.56 Å². The number of amides is 1. The van der Waals surface area contributed by atoms with Crippen LogP contribution >= 0.6 is 0 Å². The van der Waals surface area contributed by atoms with E-state index < -0.39 is 42.4 Å². The third-order valence-corrected chi connectivity index (χ3v) is 3.54. The van der Waals surface area contributed by atoms with Crippen molar-refractivity contribution in [1.29, 1.82) is 0 Å². The number of phenols is 1. The van der Waals surface area contributed by atoms with Crippen LogP contribution in [0, 0.1) is 0 Å². The standard InChI is InChI=1S/C13H16N4O7/c14-17-16-5-1-2-6(7(18)3-5)12(22)15-4-8-9(19)10(20)11(21)13(23)24-8/h1-3,8-11,13,18-21,23H,4H2,(H,15,22)/t8-,9-,10+,11-,13-/m1/s1. The second-order valence-electron chi connectivity index (χ2n) is 5.14. The molecular weight excluding hydrogens is 324 g/mol. The van der Waals surface area contributed by atoms with Crippen molar-refractivity contribution in [1.82, 2.24) is 5.32 Å². The first-order valence-corrected chi connectivity index (χ1v) is 6.89. The van der Waals surface area contributed by atoms with E-state index in [1.165, 1.54) is 12.1 Å². The number of benzene rings is 1. The zero-order valence-electron chi connectivity index (χ0n) is 12.2. The van der Waals surface area contributed by atoms with E-state index in [1.807, 2.05) is 0 Å². The number of carbonyl (C=O) groups excluding carboxylic acids is 1. The first-order chi connectivity index (χ1) is 11.3. The lowest BCUT2D eigenvalue weighted by molar-refractivity contribution is -0.279. The molecule has 1 amide bonds. The molecule has 1 aromatic carbocycles. The number of phenolic OH excluding ortho intramolecular Hbond substituents is 1. The van der Waals surface area contributed by atoms with E-state index in [1.54, 1.807) is 0 Å². The van der Waals surface area contributed by atoms with Crippen molar-refractivity contribution in [2.24, 2.45) is 5.11 Å². The van der Waals surface area contributed by atoms with Gasteiger partial charge in [-0.2, -0.15) is 0 Å². The molecule has 11 nitrogen and oxygen atoms in total. The van der Waals surface area contributed by atoms with E-state index >= 15 is 0 Å². The molecule has 0 bridgehead atoms. The lowest BCUT2D eigenvalue weighted by atomic mass is 9.99. The monoisotopic (exact) mass is 340 g/mol. The van der Waals surface area contributed by atoms with E-state index in [4.69, 9.17) is 10.3 Å². The average Bonchev–Trinajstić information content (AvgIpc) is 2.55. The Hall–Kier alpha value is -2.40. The highest BCUT2D eigenvalue weighted by Gasteiger charge is 2.42. The molecule has 1 aliphatic heterocycles. The van der Waals surface area contributed by atoms with E-state index in [9.17, 15) is 30.3 Å². The molecule has 0 unspecified atom stereocenters. The number of hydrogen-bond acceptors (Lipinski definition) is 8. The van der Waals surface area contributed by atoms with Crippen LogP contribution in [0.5, 0.6) is 5.75 Å². The van der Waals surface area contributed by atoms with Gasteiger partial charge in [0.15, 0.2) is 6.29 Å². The number of hydrogen-bond donors (Lipinski definition) is 6. The Morgan fingerprint density at radius 3 is 2.58 bits per heavy atom. The van der Waals surface area contributed by atoms with E-state index in [2.05, 4.69) is 15.3 Å². The van der Waals surface area contributed by atoms with Crippen LogP contribution in [0.15, 0.2) is 23.3 Å². The minimum absolute atomic E-state index is 0.113. The number of nitrogens with one attached hydrogen (secondary N) is 1. The van der Waals surface area contributed by atoms with Gasteiger partial charge in [0.25, 0.3) is 5.91 Å². The topological polar surface area (TPSA) is 188 Å². The zero-order valence-corrected chi connectivity index (χ0v) is 12.2. The second-order valence-corrected chi connectivity index (χ2v) is 5.14. The Balaban J connectivity index is 2.01. The van der Waals surface area contributed by atoms with Crippen molar-refractivity contribution >= 4 is 11.6 Å². The van der Waals surface area contributed by atoms with E-state index in [-0.39, 0.29) is 17.8 Å². The minimum Gasteiger partial charge on any atom is -0.507 e. The van der Waals surface area contributed by atoms with Crippen LogP contribution in [0.25, 0.3) is 10.4 Å². The third-order valence-electron chi connectivity index (χ3n) is 3.54. The molecule has 1 heterocycles. The number of azide groups is 1. The van der Waals surface area contributed by atoms with Gasteiger partial charge in [0, 0.05) is 17.1 Å². The van der Waals surface area contributed by atoms with Gasteiger partial charge in [-0.25, -0.2) is 0 Å². The van der Waals surface area contributed by atoms with Gasteiger partial charge in [-0.15, -0.1) is 0 Å². The Morgan fingerprint density at radius 2 is 1.96 bits per heavy atom. The molecule has 6 N–H and O–H groups in total. The van der Waals surface area contributed by atoms with Crippen molar-refractivity contribution in [3.8, 4) is 5.75 Å². The molecule has 1 fully saturated rings. The molecular formula is C13H16N4O7. The molecule has 11 heteroatoms. The summed E-state index contributed by atoms with van der Waals surface area (Å²) >= 11 is 0. The summed E-state index contributed by atoms with van der Waals surface area (Å²) in [5.74, 6) is -1.14. The number of aliphatic hydroxyl groups excluding tert-OH is 4. The maximum atomic E-state index is 12.0. The quantitative estimate of drug-likeness (QED) is 0.227. The molecule has 0 saturated carbocycles. The molecule has 1 aliphatic rings. The summed E-state index contributed by atoms with van der Waals surface area (Å²) in [4.78, 5) is 14.6. The van der Waals surface area contributed by atoms with Gasteiger partial charge >= 0.3 is 0 Å². The maximum absolute atomic E-state index is 12.0. The molecule has 0 radical (unpaired) electrons. The zero-order chi connectivity index (χ0) is 17.9. The number of nitrogens with zero attached hydrogens (tertiary/aromatic N) is 3. The summed E-state index contributed by atoms with van der Waals surface area (Å²) in [6.07, 6.45) is -7.69. The van der Waals surface area contributed by atoms with Crippen molar-refractivity contribution < 1.29 is 35.1 Å². The summed E-state index contributed by atoms with van der Waals surface area (Å²) < 4.78 is 4.91. The third kappa shape index (κ3) is 3.74. The van der Waals surface area contributed by atoms with Crippen LogP contribution in [0.3, 0.4) is 0 Å². The smallest absolute Gasteiger partial charge is 0.255 e. The van der Waals surface area contributed by atoms with E-state index in [0.717, 1.165) is 6.07 Å². The van der Waals surface area contributed by atoms with Gasteiger partial charge in [-0.05, 0) is 17.7 Å². The van der Waals surface area contributed by atoms with Crippen molar-refractivity contribution in [3.63, 3.8) is 0 Å². The Labute approximate surface area is 135 Å². The van der Waals surface area contributed by atoms with Crippen LogP contribution in [-0.2, 0) is 4.74 Å². The largest absolute Gasteiger partial charge is 0.507 e. The highest BCUT2D eigenvalue weighted by molar-refractivity contribution is 5.97. The fourth-order valence-electron chi connectivity index (χ4n) is 2.21. The molecule has 2 rings (SSSR count). The van der Waals surface area contributed by atoms with Gasteiger partial charge in [-0.1, -0.05) is 11.2 Å². The fraction of sp³-hybridized carbons (Fsp3) is 0.462. The molecule has 0 aliphatic carbocycles.